The second-order valence-electron chi connectivity index (χ2n) is 3.20. The number of alkyl halides is 3. The van der Waals surface area contributed by atoms with Crippen LogP contribution in [0.5, 0.6) is 5.75 Å². The van der Waals surface area contributed by atoms with Gasteiger partial charge in [-0.15, -0.1) is 0 Å². The van der Waals surface area contributed by atoms with Crippen molar-refractivity contribution in [3.05, 3.63) is 41.4 Å². The second kappa shape index (κ2) is 4.66. The molecule has 2 rings (SSSR count). The Morgan fingerprint density at radius 2 is 1.65 bits per heavy atom. The average molecular weight is 279 g/mol. The normalized spacial score (nSPS) is 11.8. The summed E-state index contributed by atoms with van der Waals surface area (Å²) in [5.74, 6) is 0.146. The van der Waals surface area contributed by atoms with Gasteiger partial charge in [0, 0.05) is 15.8 Å². The molecular formula is C11H6ClF3OS. The van der Waals surface area contributed by atoms with Crippen molar-refractivity contribution in [2.45, 2.75) is 5.51 Å². The fourth-order valence-electron chi connectivity index (χ4n) is 1.40. The molecule has 2 aromatic carbocycles. The van der Waals surface area contributed by atoms with Crippen molar-refractivity contribution in [2.24, 2.45) is 0 Å². The Kier molecular flexibility index (Phi) is 3.40. The summed E-state index contributed by atoms with van der Waals surface area (Å²) in [4.78, 5) is 0. The van der Waals surface area contributed by atoms with Crippen LogP contribution in [0.25, 0.3) is 10.8 Å². The molecule has 0 aromatic heterocycles. The Labute approximate surface area is 105 Å². The van der Waals surface area contributed by atoms with Gasteiger partial charge in [0.15, 0.2) is 12.0 Å². The van der Waals surface area contributed by atoms with Gasteiger partial charge in [-0.3, -0.25) is 0 Å². The smallest absolute Gasteiger partial charge is 0.416 e. The zero-order chi connectivity index (χ0) is 12.5. The van der Waals surface area contributed by atoms with E-state index >= 15 is 0 Å². The van der Waals surface area contributed by atoms with Crippen LogP contribution in [-0.4, -0.2) is 5.51 Å². The van der Waals surface area contributed by atoms with E-state index in [1.54, 1.807) is 24.3 Å². The molecule has 0 heterocycles. The largest absolute Gasteiger partial charge is 0.479 e. The molecule has 0 saturated carbocycles. The van der Waals surface area contributed by atoms with Crippen LogP contribution in [0.15, 0.2) is 36.4 Å². The van der Waals surface area contributed by atoms with Crippen LogP contribution in [0.2, 0.25) is 5.02 Å². The van der Waals surface area contributed by atoms with Crippen molar-refractivity contribution in [3.63, 3.8) is 0 Å². The lowest BCUT2D eigenvalue weighted by Crippen LogP contribution is -2.02. The Bertz CT molecular complexity index is 542. The molecule has 0 bridgehead atoms. The van der Waals surface area contributed by atoms with Gasteiger partial charge in [0.05, 0.1) is 0 Å². The van der Waals surface area contributed by atoms with E-state index in [1.165, 1.54) is 12.1 Å². The lowest BCUT2D eigenvalue weighted by molar-refractivity contribution is -0.0369. The highest BCUT2D eigenvalue weighted by Crippen LogP contribution is 2.37. The highest BCUT2D eigenvalue weighted by atomic mass is 35.5. The Morgan fingerprint density at radius 3 is 2.29 bits per heavy atom. The SMILES string of the molecule is FC(F)(F)SOc1ccc(Cl)c2ccccc12. The molecule has 0 unspecified atom stereocenters. The molecule has 90 valence electrons. The van der Waals surface area contributed by atoms with Crippen LogP contribution in [0, 0.1) is 0 Å². The minimum Gasteiger partial charge on any atom is -0.416 e. The Hall–Kier alpha value is -1.07. The number of benzene rings is 2. The van der Waals surface area contributed by atoms with E-state index in [-0.39, 0.29) is 5.75 Å². The van der Waals surface area contributed by atoms with E-state index in [2.05, 4.69) is 4.18 Å². The molecule has 0 aliphatic heterocycles. The lowest BCUT2D eigenvalue weighted by atomic mass is 10.1. The zero-order valence-corrected chi connectivity index (χ0v) is 9.86. The lowest BCUT2D eigenvalue weighted by Gasteiger charge is -2.09. The van der Waals surface area contributed by atoms with Crippen LogP contribution in [0.1, 0.15) is 0 Å². The van der Waals surface area contributed by atoms with Crippen molar-refractivity contribution in [1.82, 2.24) is 0 Å². The van der Waals surface area contributed by atoms with E-state index in [9.17, 15) is 13.2 Å². The van der Waals surface area contributed by atoms with Crippen molar-refractivity contribution in [3.8, 4) is 5.75 Å². The fourth-order valence-corrected chi connectivity index (χ4v) is 1.96. The first-order valence-electron chi connectivity index (χ1n) is 4.57. The van der Waals surface area contributed by atoms with Crippen molar-refractivity contribution in [1.29, 1.82) is 0 Å². The van der Waals surface area contributed by atoms with Gasteiger partial charge in [0.1, 0.15) is 5.75 Å². The van der Waals surface area contributed by atoms with Crippen LogP contribution in [0.4, 0.5) is 13.2 Å². The van der Waals surface area contributed by atoms with Gasteiger partial charge < -0.3 is 4.18 Å². The highest BCUT2D eigenvalue weighted by molar-refractivity contribution is 7.95. The van der Waals surface area contributed by atoms with Crippen LogP contribution in [-0.2, 0) is 0 Å². The van der Waals surface area contributed by atoms with Crippen molar-refractivity contribution in [2.75, 3.05) is 0 Å². The molecule has 1 nitrogen and oxygen atoms in total. The van der Waals surface area contributed by atoms with Crippen LogP contribution < -0.4 is 4.18 Å². The first-order chi connectivity index (χ1) is 7.97. The van der Waals surface area contributed by atoms with E-state index in [0.717, 1.165) is 0 Å². The van der Waals surface area contributed by atoms with E-state index in [4.69, 9.17) is 11.6 Å². The summed E-state index contributed by atoms with van der Waals surface area (Å²) in [5.41, 5.74) is -4.43. The van der Waals surface area contributed by atoms with E-state index in [1.807, 2.05) is 0 Å². The summed E-state index contributed by atoms with van der Waals surface area (Å²) in [6.07, 6.45) is 0. The van der Waals surface area contributed by atoms with Crippen molar-refractivity contribution >= 4 is 34.4 Å². The van der Waals surface area contributed by atoms with Gasteiger partial charge >= 0.3 is 5.51 Å². The third-order valence-electron chi connectivity index (χ3n) is 2.06. The third kappa shape index (κ3) is 2.98. The highest BCUT2D eigenvalue weighted by Gasteiger charge is 2.31. The monoisotopic (exact) mass is 278 g/mol. The maximum Gasteiger partial charge on any atom is 0.479 e. The minimum absolute atomic E-state index is 0.146. The summed E-state index contributed by atoms with van der Waals surface area (Å²) in [5, 5.41) is 1.69. The van der Waals surface area contributed by atoms with Crippen LogP contribution >= 0.6 is 23.6 Å². The second-order valence-corrected chi connectivity index (χ2v) is 4.41. The third-order valence-corrected chi connectivity index (χ3v) is 2.84. The standard InChI is InChI=1S/C11H6ClF3OS/c12-9-5-6-10(16-17-11(13,14)15)8-4-2-1-3-7(8)9/h1-6H. The molecular weight excluding hydrogens is 273 g/mol. The maximum atomic E-state index is 12.0. The Morgan fingerprint density at radius 1 is 1.00 bits per heavy atom. The van der Waals surface area contributed by atoms with Gasteiger partial charge in [-0.25, -0.2) is 0 Å². The molecule has 0 N–H and O–H groups in total. The molecule has 6 heteroatoms. The number of halogens is 4. The fraction of sp³-hybridized carbons (Fsp3) is 0.0909. The zero-order valence-electron chi connectivity index (χ0n) is 8.29. The molecule has 17 heavy (non-hydrogen) atoms. The average Bonchev–Trinajstić information content (AvgIpc) is 2.27. The molecule has 0 saturated heterocycles. The summed E-state index contributed by atoms with van der Waals surface area (Å²) in [6, 6.07) is 9.79. The molecule has 0 aliphatic rings. The molecule has 0 aliphatic carbocycles. The number of hydrogen-bond donors (Lipinski definition) is 0. The van der Waals surface area contributed by atoms with Crippen LogP contribution in [0.3, 0.4) is 0 Å². The van der Waals surface area contributed by atoms with Gasteiger partial charge in [-0.2, -0.15) is 13.2 Å². The number of fused-ring (bicyclic) bond motifs is 1. The quantitative estimate of drug-likeness (QED) is 0.712. The van der Waals surface area contributed by atoms with Gasteiger partial charge in [-0.05, 0) is 12.1 Å². The summed E-state index contributed by atoms with van der Waals surface area (Å²) in [6.45, 7) is 0. The summed E-state index contributed by atoms with van der Waals surface area (Å²) < 4.78 is 40.8. The molecule has 2 aromatic rings. The first-order valence-corrected chi connectivity index (χ1v) is 5.69. The van der Waals surface area contributed by atoms with Gasteiger partial charge in [0.2, 0.25) is 0 Å². The van der Waals surface area contributed by atoms with E-state index in [0.29, 0.717) is 15.8 Å². The van der Waals surface area contributed by atoms with Gasteiger partial charge in [-0.1, -0.05) is 35.9 Å². The summed E-state index contributed by atoms with van der Waals surface area (Å²) >= 11 is 5.40. The number of rotatable bonds is 2. The molecule has 0 spiro atoms. The topological polar surface area (TPSA) is 9.23 Å². The molecule has 0 radical (unpaired) electrons. The predicted molar refractivity (Wildman–Crippen MR) is 63.2 cm³/mol. The number of hydrogen-bond acceptors (Lipinski definition) is 2. The summed E-state index contributed by atoms with van der Waals surface area (Å²) in [7, 11) is 0. The molecule has 0 fully saturated rings. The van der Waals surface area contributed by atoms with E-state index < -0.39 is 17.6 Å². The molecule has 0 atom stereocenters. The van der Waals surface area contributed by atoms with Crippen molar-refractivity contribution < 1.29 is 17.4 Å². The molecule has 0 amide bonds. The first kappa shape index (κ1) is 12.4. The Balaban J connectivity index is 2.38. The predicted octanol–water partition coefficient (Wildman–Crippen LogP) is 5.04. The maximum absolute atomic E-state index is 12.0. The minimum atomic E-state index is -4.43. The van der Waals surface area contributed by atoms with Gasteiger partial charge in [0.25, 0.3) is 0 Å².